The molecule has 0 aromatic carbocycles. The molecule has 1 unspecified atom stereocenters. The van der Waals surface area contributed by atoms with E-state index < -0.39 is 12.3 Å². The molecule has 0 fully saturated rings. The second-order valence-electron chi connectivity index (χ2n) is 2.07. The van der Waals surface area contributed by atoms with Crippen LogP contribution in [0.15, 0.2) is 0 Å². The van der Waals surface area contributed by atoms with Gasteiger partial charge in [-0.25, -0.2) is 4.79 Å². The summed E-state index contributed by atoms with van der Waals surface area (Å²) in [6.07, 6.45) is 1.15. The van der Waals surface area contributed by atoms with Gasteiger partial charge in [-0.15, -0.1) is 0 Å². The summed E-state index contributed by atoms with van der Waals surface area (Å²) in [7, 11) is 0. The molecule has 0 heterocycles. The SMILES string of the molecule is CCOC(=O)NC(CC)N[C]=O. The Hall–Kier alpha value is -1.26. The van der Waals surface area contributed by atoms with E-state index in [9.17, 15) is 9.59 Å². The molecule has 0 aromatic heterocycles. The van der Waals surface area contributed by atoms with E-state index in [1.807, 2.05) is 6.92 Å². The fourth-order valence-corrected chi connectivity index (χ4v) is 0.626. The Morgan fingerprint density at radius 1 is 1.58 bits per heavy atom. The minimum absolute atomic E-state index is 0.313. The monoisotopic (exact) mass is 173 g/mol. The number of carbonyl (C=O) groups is 1. The average molecular weight is 173 g/mol. The summed E-state index contributed by atoms with van der Waals surface area (Å²) in [5.74, 6) is 0. The molecule has 69 valence electrons. The molecular formula is C7H13N2O3. The predicted octanol–water partition coefficient (Wildman–Crippen LogP) is 0.125. The molecule has 0 aliphatic carbocycles. The zero-order valence-electron chi connectivity index (χ0n) is 7.22. The lowest BCUT2D eigenvalue weighted by atomic mass is 10.4. The van der Waals surface area contributed by atoms with Crippen LogP contribution in [-0.2, 0) is 9.53 Å². The molecule has 0 aromatic rings. The van der Waals surface area contributed by atoms with Gasteiger partial charge in [-0.1, -0.05) is 6.92 Å². The van der Waals surface area contributed by atoms with E-state index in [2.05, 4.69) is 15.4 Å². The lowest BCUT2D eigenvalue weighted by Gasteiger charge is -2.14. The van der Waals surface area contributed by atoms with Crippen LogP contribution in [0, 0.1) is 0 Å². The molecule has 0 saturated carbocycles. The molecule has 0 saturated heterocycles. The van der Waals surface area contributed by atoms with Gasteiger partial charge in [0, 0.05) is 0 Å². The van der Waals surface area contributed by atoms with Crippen molar-refractivity contribution in [2.24, 2.45) is 0 Å². The van der Waals surface area contributed by atoms with Gasteiger partial charge in [0.2, 0.25) is 0 Å². The van der Waals surface area contributed by atoms with Crippen molar-refractivity contribution in [2.45, 2.75) is 26.4 Å². The first-order chi connectivity index (χ1) is 5.74. The first-order valence-electron chi connectivity index (χ1n) is 3.80. The fraction of sp³-hybridized carbons (Fsp3) is 0.714. The number of carbonyl (C=O) groups excluding carboxylic acids is 2. The van der Waals surface area contributed by atoms with Crippen LogP contribution in [-0.4, -0.2) is 25.3 Å². The van der Waals surface area contributed by atoms with Crippen molar-refractivity contribution in [3.63, 3.8) is 0 Å². The van der Waals surface area contributed by atoms with Gasteiger partial charge >= 0.3 is 12.5 Å². The highest BCUT2D eigenvalue weighted by Crippen LogP contribution is 1.85. The van der Waals surface area contributed by atoms with E-state index in [0.29, 0.717) is 13.0 Å². The topological polar surface area (TPSA) is 67.4 Å². The highest BCUT2D eigenvalue weighted by atomic mass is 16.5. The molecule has 0 rings (SSSR count). The van der Waals surface area contributed by atoms with Crippen molar-refractivity contribution in [2.75, 3.05) is 6.61 Å². The zero-order valence-corrected chi connectivity index (χ0v) is 7.22. The fourth-order valence-electron chi connectivity index (χ4n) is 0.626. The average Bonchev–Trinajstić information content (AvgIpc) is 2.04. The van der Waals surface area contributed by atoms with Gasteiger partial charge < -0.3 is 15.4 Å². The van der Waals surface area contributed by atoms with Crippen molar-refractivity contribution < 1.29 is 14.3 Å². The Bertz CT molecular complexity index is 150. The second kappa shape index (κ2) is 6.45. The lowest BCUT2D eigenvalue weighted by Crippen LogP contribution is -2.44. The van der Waals surface area contributed by atoms with Crippen molar-refractivity contribution >= 4 is 12.5 Å². The second-order valence-corrected chi connectivity index (χ2v) is 2.07. The highest BCUT2D eigenvalue weighted by Gasteiger charge is 2.08. The van der Waals surface area contributed by atoms with E-state index in [1.54, 1.807) is 6.92 Å². The Labute approximate surface area is 71.5 Å². The molecule has 1 radical (unpaired) electrons. The van der Waals surface area contributed by atoms with Crippen LogP contribution < -0.4 is 10.6 Å². The Morgan fingerprint density at radius 3 is 2.67 bits per heavy atom. The summed E-state index contributed by atoms with van der Waals surface area (Å²) in [5.41, 5.74) is 0. The predicted molar refractivity (Wildman–Crippen MR) is 43.1 cm³/mol. The highest BCUT2D eigenvalue weighted by molar-refractivity contribution is 5.67. The maximum Gasteiger partial charge on any atom is 0.408 e. The molecule has 0 aliphatic rings. The molecule has 0 spiro atoms. The van der Waals surface area contributed by atoms with Crippen molar-refractivity contribution in [1.82, 2.24) is 10.6 Å². The van der Waals surface area contributed by atoms with Gasteiger partial charge in [-0.2, -0.15) is 0 Å². The maximum absolute atomic E-state index is 10.8. The molecule has 0 bridgehead atoms. The summed E-state index contributed by atoms with van der Waals surface area (Å²) in [6.45, 7) is 3.84. The van der Waals surface area contributed by atoms with Gasteiger partial charge in [0.15, 0.2) is 0 Å². The van der Waals surface area contributed by atoms with Crippen LogP contribution in [0.4, 0.5) is 4.79 Å². The summed E-state index contributed by atoms with van der Waals surface area (Å²) < 4.78 is 4.60. The van der Waals surface area contributed by atoms with E-state index in [-0.39, 0.29) is 0 Å². The van der Waals surface area contributed by atoms with E-state index in [1.165, 1.54) is 6.41 Å². The molecule has 2 N–H and O–H groups in total. The summed E-state index contributed by atoms with van der Waals surface area (Å²) in [4.78, 5) is 20.7. The summed E-state index contributed by atoms with van der Waals surface area (Å²) in [5, 5.41) is 4.74. The van der Waals surface area contributed by atoms with Crippen molar-refractivity contribution in [3.8, 4) is 0 Å². The van der Waals surface area contributed by atoms with Crippen LogP contribution in [0.25, 0.3) is 0 Å². The Balaban J connectivity index is 3.68. The van der Waals surface area contributed by atoms with E-state index in [4.69, 9.17) is 0 Å². The molecule has 5 heteroatoms. The molecule has 1 atom stereocenters. The van der Waals surface area contributed by atoms with Gasteiger partial charge in [0.05, 0.1) is 6.61 Å². The number of ether oxygens (including phenoxy) is 1. The van der Waals surface area contributed by atoms with Gasteiger partial charge in [0.25, 0.3) is 0 Å². The number of hydrogen-bond donors (Lipinski definition) is 2. The largest absolute Gasteiger partial charge is 0.450 e. The molecule has 5 nitrogen and oxygen atoms in total. The third kappa shape index (κ3) is 4.54. The standard InChI is InChI=1S/C7H13N2O3/c1-3-6(8-5-10)9-7(11)12-4-2/h6H,3-4H2,1-2H3,(H,8,10)(H,9,11). The quantitative estimate of drug-likeness (QED) is 0.458. The van der Waals surface area contributed by atoms with Crippen LogP contribution in [0.5, 0.6) is 0 Å². The molecule has 2 amide bonds. The first-order valence-corrected chi connectivity index (χ1v) is 3.80. The molecular weight excluding hydrogens is 160 g/mol. The maximum atomic E-state index is 10.8. The van der Waals surface area contributed by atoms with Crippen LogP contribution in [0.1, 0.15) is 20.3 Å². The zero-order chi connectivity index (χ0) is 9.40. The van der Waals surface area contributed by atoms with Gasteiger partial charge in [-0.05, 0) is 13.3 Å². The summed E-state index contributed by atoms with van der Waals surface area (Å²) >= 11 is 0. The van der Waals surface area contributed by atoms with Crippen LogP contribution >= 0.6 is 0 Å². The lowest BCUT2D eigenvalue weighted by molar-refractivity contribution is 0.147. The van der Waals surface area contributed by atoms with Crippen LogP contribution in [0.2, 0.25) is 0 Å². The normalized spacial score (nSPS) is 11.5. The smallest absolute Gasteiger partial charge is 0.408 e. The molecule has 12 heavy (non-hydrogen) atoms. The van der Waals surface area contributed by atoms with Gasteiger partial charge in [0.1, 0.15) is 6.17 Å². The third-order valence-corrected chi connectivity index (χ3v) is 1.21. The Kier molecular flexibility index (Phi) is 5.77. The summed E-state index contributed by atoms with van der Waals surface area (Å²) in [6, 6.07) is 0. The number of rotatable bonds is 5. The van der Waals surface area contributed by atoms with Crippen molar-refractivity contribution in [1.29, 1.82) is 0 Å². The Morgan fingerprint density at radius 2 is 2.25 bits per heavy atom. The number of nitrogens with one attached hydrogen (secondary N) is 2. The van der Waals surface area contributed by atoms with Crippen molar-refractivity contribution in [3.05, 3.63) is 0 Å². The van der Waals surface area contributed by atoms with E-state index in [0.717, 1.165) is 0 Å². The minimum Gasteiger partial charge on any atom is -0.450 e. The van der Waals surface area contributed by atoms with Gasteiger partial charge in [-0.3, -0.25) is 4.79 Å². The first kappa shape index (κ1) is 10.7. The number of alkyl carbamates (subject to hydrolysis) is 1. The number of amides is 2. The number of hydrogen-bond acceptors (Lipinski definition) is 3. The molecule has 0 aliphatic heterocycles. The van der Waals surface area contributed by atoms with Crippen LogP contribution in [0.3, 0.4) is 0 Å². The third-order valence-electron chi connectivity index (χ3n) is 1.21. The minimum atomic E-state index is -0.535. The van der Waals surface area contributed by atoms with E-state index >= 15 is 0 Å².